The molecule has 1 aromatic carbocycles. The van der Waals surface area contributed by atoms with Crippen LogP contribution in [0.5, 0.6) is 0 Å². The second-order valence-electron chi connectivity index (χ2n) is 3.56. The molecule has 0 aliphatic carbocycles. The number of hydrogen-bond donors (Lipinski definition) is 2. The Balaban J connectivity index is 2.65. The highest BCUT2D eigenvalue weighted by molar-refractivity contribution is 9.09. The smallest absolute Gasteiger partial charge is 0.252 e. The van der Waals surface area contributed by atoms with Crippen molar-refractivity contribution in [2.24, 2.45) is 5.73 Å². The van der Waals surface area contributed by atoms with Crippen molar-refractivity contribution in [2.75, 3.05) is 11.9 Å². The Labute approximate surface area is 109 Å². The van der Waals surface area contributed by atoms with Gasteiger partial charge in [0.05, 0.1) is 11.1 Å². The van der Waals surface area contributed by atoms with Crippen LogP contribution in [0.1, 0.15) is 33.6 Å². The maximum absolute atomic E-state index is 11.8. The zero-order valence-corrected chi connectivity index (χ0v) is 11.0. The summed E-state index contributed by atoms with van der Waals surface area (Å²) < 4.78 is 0. The fourth-order valence-electron chi connectivity index (χ4n) is 1.41. The Morgan fingerprint density at radius 2 is 1.82 bits per heavy atom. The van der Waals surface area contributed by atoms with E-state index in [9.17, 15) is 9.59 Å². The molecule has 2 amide bonds. The average molecular weight is 299 g/mol. The number of hydrogen-bond acceptors (Lipinski definition) is 2. The molecule has 1 aromatic rings. The van der Waals surface area contributed by atoms with Gasteiger partial charge in [0.15, 0.2) is 0 Å². The van der Waals surface area contributed by atoms with Gasteiger partial charge in [-0.05, 0) is 25.0 Å². The van der Waals surface area contributed by atoms with Crippen molar-refractivity contribution in [1.82, 2.24) is 5.32 Å². The van der Waals surface area contributed by atoms with Crippen LogP contribution in [0, 0.1) is 0 Å². The minimum absolute atomic E-state index is 0.255. The first-order valence-corrected chi connectivity index (χ1v) is 6.52. The van der Waals surface area contributed by atoms with E-state index >= 15 is 0 Å². The number of alkyl halides is 1. The third kappa shape index (κ3) is 4.19. The summed E-state index contributed by atoms with van der Waals surface area (Å²) in [7, 11) is 0. The van der Waals surface area contributed by atoms with Crippen LogP contribution in [-0.4, -0.2) is 23.7 Å². The fourth-order valence-corrected chi connectivity index (χ4v) is 1.81. The zero-order chi connectivity index (χ0) is 12.7. The number of nitrogens with one attached hydrogen (secondary N) is 1. The first kappa shape index (κ1) is 13.7. The number of benzene rings is 1. The average Bonchev–Trinajstić information content (AvgIpc) is 2.34. The van der Waals surface area contributed by atoms with E-state index in [0.717, 1.165) is 18.2 Å². The molecule has 0 aliphatic heterocycles. The number of rotatable bonds is 6. The number of primary amides is 1. The number of halogens is 1. The quantitative estimate of drug-likeness (QED) is 0.620. The summed E-state index contributed by atoms with van der Waals surface area (Å²) in [6.07, 6.45) is 1.90. The van der Waals surface area contributed by atoms with E-state index in [1.165, 1.54) is 0 Å². The minimum Gasteiger partial charge on any atom is -0.366 e. The van der Waals surface area contributed by atoms with Crippen LogP contribution in [0.25, 0.3) is 0 Å². The highest BCUT2D eigenvalue weighted by Gasteiger charge is 2.13. The summed E-state index contributed by atoms with van der Waals surface area (Å²) >= 11 is 3.32. The first-order chi connectivity index (χ1) is 8.16. The topological polar surface area (TPSA) is 72.2 Å². The van der Waals surface area contributed by atoms with Gasteiger partial charge in [0.1, 0.15) is 0 Å². The van der Waals surface area contributed by atoms with E-state index in [-0.39, 0.29) is 11.5 Å². The molecule has 0 spiro atoms. The van der Waals surface area contributed by atoms with Gasteiger partial charge in [0.25, 0.3) is 5.91 Å². The van der Waals surface area contributed by atoms with Gasteiger partial charge >= 0.3 is 0 Å². The van der Waals surface area contributed by atoms with E-state index in [4.69, 9.17) is 5.73 Å². The molecular formula is C12H15BrN2O2. The largest absolute Gasteiger partial charge is 0.366 e. The summed E-state index contributed by atoms with van der Waals surface area (Å²) in [5.74, 6) is -0.842. The molecule has 0 atom stereocenters. The molecule has 0 heterocycles. The van der Waals surface area contributed by atoms with E-state index in [1.54, 1.807) is 24.3 Å². The van der Waals surface area contributed by atoms with Crippen molar-refractivity contribution in [3.8, 4) is 0 Å². The van der Waals surface area contributed by atoms with Crippen molar-refractivity contribution in [1.29, 1.82) is 0 Å². The van der Waals surface area contributed by atoms with Crippen LogP contribution in [-0.2, 0) is 0 Å². The summed E-state index contributed by atoms with van der Waals surface area (Å²) in [4.78, 5) is 22.9. The Hall–Kier alpha value is -1.36. The van der Waals surface area contributed by atoms with E-state index in [2.05, 4.69) is 21.2 Å². The molecule has 0 saturated carbocycles. The van der Waals surface area contributed by atoms with E-state index < -0.39 is 5.91 Å². The predicted molar refractivity (Wildman–Crippen MR) is 70.3 cm³/mol. The first-order valence-electron chi connectivity index (χ1n) is 5.40. The van der Waals surface area contributed by atoms with Gasteiger partial charge in [0, 0.05) is 11.9 Å². The molecule has 0 bridgehead atoms. The van der Waals surface area contributed by atoms with Crippen LogP contribution >= 0.6 is 15.9 Å². The molecule has 0 aromatic heterocycles. The van der Waals surface area contributed by atoms with Gasteiger partial charge in [0.2, 0.25) is 5.91 Å². The third-order valence-electron chi connectivity index (χ3n) is 2.28. The number of carbonyl (C=O) groups excluding carboxylic acids is 2. The van der Waals surface area contributed by atoms with Gasteiger partial charge in [-0.1, -0.05) is 28.1 Å². The molecule has 1 rings (SSSR count). The number of carbonyl (C=O) groups is 2. The van der Waals surface area contributed by atoms with Gasteiger partial charge in [-0.15, -0.1) is 0 Å². The summed E-state index contributed by atoms with van der Waals surface area (Å²) in [5, 5.41) is 3.68. The Kier molecular flexibility index (Phi) is 5.69. The van der Waals surface area contributed by atoms with Crippen molar-refractivity contribution in [3.05, 3.63) is 35.4 Å². The van der Waals surface area contributed by atoms with Crippen molar-refractivity contribution >= 4 is 27.7 Å². The number of nitrogens with two attached hydrogens (primary N) is 1. The Morgan fingerprint density at radius 1 is 1.18 bits per heavy atom. The monoisotopic (exact) mass is 298 g/mol. The molecule has 0 saturated heterocycles. The van der Waals surface area contributed by atoms with Gasteiger partial charge in [-0.25, -0.2) is 0 Å². The second-order valence-corrected chi connectivity index (χ2v) is 4.35. The lowest BCUT2D eigenvalue weighted by atomic mass is 10.1. The molecule has 0 unspecified atom stereocenters. The van der Waals surface area contributed by atoms with Crippen LogP contribution in [0.15, 0.2) is 24.3 Å². The van der Waals surface area contributed by atoms with E-state index in [0.29, 0.717) is 12.1 Å². The molecule has 0 aliphatic rings. The maximum Gasteiger partial charge on any atom is 0.252 e. The highest BCUT2D eigenvalue weighted by atomic mass is 79.9. The van der Waals surface area contributed by atoms with Gasteiger partial charge < -0.3 is 11.1 Å². The molecular weight excluding hydrogens is 284 g/mol. The molecule has 92 valence electrons. The fraction of sp³-hybridized carbons (Fsp3) is 0.333. The highest BCUT2D eigenvalue weighted by Crippen LogP contribution is 2.07. The van der Waals surface area contributed by atoms with Crippen LogP contribution in [0.4, 0.5) is 0 Å². The van der Waals surface area contributed by atoms with E-state index in [1.807, 2.05) is 0 Å². The third-order valence-corrected chi connectivity index (χ3v) is 2.84. The van der Waals surface area contributed by atoms with Crippen molar-refractivity contribution in [3.63, 3.8) is 0 Å². The normalized spacial score (nSPS) is 9.94. The van der Waals surface area contributed by atoms with Crippen LogP contribution in [0.2, 0.25) is 0 Å². The zero-order valence-electron chi connectivity index (χ0n) is 9.41. The minimum atomic E-state index is -0.587. The summed E-state index contributed by atoms with van der Waals surface area (Å²) in [6.45, 7) is 0.595. The van der Waals surface area contributed by atoms with Crippen LogP contribution in [0.3, 0.4) is 0 Å². The molecule has 17 heavy (non-hydrogen) atoms. The Morgan fingerprint density at radius 3 is 2.41 bits per heavy atom. The molecule has 5 heteroatoms. The molecule has 0 fully saturated rings. The SMILES string of the molecule is NC(=O)c1ccccc1C(=O)NCCCCBr. The number of amides is 2. The summed E-state index contributed by atoms with van der Waals surface area (Å²) in [5.41, 5.74) is 5.79. The molecule has 0 radical (unpaired) electrons. The standard InChI is InChI=1S/C12H15BrN2O2/c13-7-3-4-8-15-12(17)10-6-2-1-5-9(10)11(14)16/h1-2,5-6H,3-4,7-8H2,(H2,14,16)(H,15,17). The second kappa shape index (κ2) is 7.06. The van der Waals surface area contributed by atoms with Crippen molar-refractivity contribution < 1.29 is 9.59 Å². The lowest BCUT2D eigenvalue weighted by Crippen LogP contribution is -2.27. The maximum atomic E-state index is 11.8. The molecule has 4 nitrogen and oxygen atoms in total. The predicted octanol–water partition coefficient (Wildman–Crippen LogP) is 1.69. The lowest BCUT2D eigenvalue weighted by Gasteiger charge is -2.07. The van der Waals surface area contributed by atoms with Gasteiger partial charge in [-0.3, -0.25) is 9.59 Å². The Bertz CT molecular complexity index is 407. The lowest BCUT2D eigenvalue weighted by molar-refractivity contribution is 0.0935. The van der Waals surface area contributed by atoms with Crippen molar-refractivity contribution in [2.45, 2.75) is 12.8 Å². The van der Waals surface area contributed by atoms with Crippen LogP contribution < -0.4 is 11.1 Å². The number of unbranched alkanes of at least 4 members (excludes halogenated alkanes) is 1. The molecule has 3 N–H and O–H groups in total. The summed E-state index contributed by atoms with van der Waals surface area (Å²) in [6, 6.07) is 6.54. The van der Waals surface area contributed by atoms with Gasteiger partial charge in [-0.2, -0.15) is 0 Å².